The lowest BCUT2D eigenvalue weighted by atomic mass is 10.2. The highest BCUT2D eigenvalue weighted by Crippen LogP contribution is 2.36. The van der Waals surface area contributed by atoms with Gasteiger partial charge >= 0.3 is 5.97 Å². The molecule has 0 saturated heterocycles. The Hall–Kier alpha value is -0.653. The summed E-state index contributed by atoms with van der Waals surface area (Å²) in [4.78, 5) is 11.2. The Kier molecular flexibility index (Phi) is 7.55. The highest BCUT2D eigenvalue weighted by atomic mass is 28.4. The third kappa shape index (κ3) is 6.89. The number of hydrogen-bond donors (Lipinski definition) is 0. The third-order valence-electron chi connectivity index (χ3n) is 3.45. The van der Waals surface area contributed by atoms with E-state index in [2.05, 4.69) is 33.9 Å². The number of rotatable bonds is 7. The second-order valence-corrected chi connectivity index (χ2v) is 10.8. The highest BCUT2D eigenvalue weighted by molar-refractivity contribution is 6.74. The zero-order valence-electron chi connectivity index (χ0n) is 13.3. The molecule has 0 spiro atoms. The van der Waals surface area contributed by atoms with E-state index >= 15 is 0 Å². The number of carbonyl (C=O) groups excluding carboxylic acids is 1. The Labute approximate surface area is 118 Å². The molecular weight excluding hydrogens is 260 g/mol. The van der Waals surface area contributed by atoms with Crippen LogP contribution in [0.25, 0.3) is 0 Å². The predicted molar refractivity (Wildman–Crippen MR) is 79.7 cm³/mol. The first-order chi connectivity index (χ1) is 8.64. The molecule has 0 radical (unpaired) electrons. The number of ether oxygens (including phenoxy) is 2. The monoisotopic (exact) mass is 288 g/mol. The van der Waals surface area contributed by atoms with Crippen molar-refractivity contribution < 1.29 is 18.7 Å². The first-order valence-electron chi connectivity index (χ1n) is 6.65. The van der Waals surface area contributed by atoms with Crippen LogP contribution in [0.3, 0.4) is 0 Å². The van der Waals surface area contributed by atoms with Crippen LogP contribution in [0.15, 0.2) is 12.2 Å². The van der Waals surface area contributed by atoms with Gasteiger partial charge in [-0.3, -0.25) is 0 Å². The molecule has 4 nitrogen and oxygen atoms in total. The molecule has 1 atom stereocenters. The van der Waals surface area contributed by atoms with Crippen LogP contribution in [0, 0.1) is 0 Å². The maximum absolute atomic E-state index is 11.2. The minimum absolute atomic E-state index is 0.163. The minimum Gasteiger partial charge on any atom is -0.463 e. The van der Waals surface area contributed by atoms with Crippen LogP contribution in [-0.4, -0.2) is 40.7 Å². The van der Waals surface area contributed by atoms with Gasteiger partial charge in [0.25, 0.3) is 0 Å². The Balaban J connectivity index is 4.40. The summed E-state index contributed by atoms with van der Waals surface area (Å²) in [6.45, 7) is 13.6. The summed E-state index contributed by atoms with van der Waals surface area (Å²) in [5, 5.41) is 0.163. The Morgan fingerprint density at radius 3 is 2.32 bits per heavy atom. The maximum atomic E-state index is 11.2. The van der Waals surface area contributed by atoms with E-state index in [0.29, 0.717) is 13.2 Å². The standard InChI is InChI=1S/C14H28O4Si/c1-8-17-13(15)10-9-12(16-5)11-18-19(6,7)14(2,3)4/h9-10,12H,8,11H2,1-7H3/b10-9+/t12-/m1/s1. The van der Waals surface area contributed by atoms with Crippen molar-refractivity contribution in [2.24, 2.45) is 0 Å². The van der Waals surface area contributed by atoms with Crippen molar-refractivity contribution >= 4 is 14.3 Å². The molecular formula is C14H28O4Si. The van der Waals surface area contributed by atoms with Gasteiger partial charge in [-0.2, -0.15) is 0 Å². The van der Waals surface area contributed by atoms with Gasteiger partial charge in [0.05, 0.1) is 19.3 Å². The van der Waals surface area contributed by atoms with Gasteiger partial charge in [0.15, 0.2) is 8.32 Å². The Morgan fingerprint density at radius 2 is 1.89 bits per heavy atom. The number of hydrogen-bond acceptors (Lipinski definition) is 4. The van der Waals surface area contributed by atoms with Crippen molar-refractivity contribution in [3.63, 3.8) is 0 Å². The van der Waals surface area contributed by atoms with Crippen molar-refractivity contribution in [2.75, 3.05) is 20.3 Å². The molecule has 0 aliphatic rings. The summed E-state index contributed by atoms with van der Waals surface area (Å²) in [7, 11) is -0.179. The molecule has 0 aliphatic heterocycles. The molecule has 0 heterocycles. The van der Waals surface area contributed by atoms with E-state index in [0.717, 1.165) is 0 Å². The molecule has 0 aliphatic carbocycles. The zero-order valence-corrected chi connectivity index (χ0v) is 14.3. The largest absolute Gasteiger partial charge is 0.463 e. The minimum atomic E-state index is -1.79. The molecule has 0 rings (SSSR count). The number of esters is 1. The summed E-state index contributed by atoms with van der Waals surface area (Å²) in [6.07, 6.45) is 2.86. The lowest BCUT2D eigenvalue weighted by Gasteiger charge is -2.36. The molecule has 0 aromatic heterocycles. The van der Waals surface area contributed by atoms with E-state index in [-0.39, 0.29) is 17.1 Å². The third-order valence-corrected chi connectivity index (χ3v) is 7.95. The van der Waals surface area contributed by atoms with Gasteiger partial charge < -0.3 is 13.9 Å². The van der Waals surface area contributed by atoms with Gasteiger partial charge in [0, 0.05) is 13.2 Å². The van der Waals surface area contributed by atoms with Crippen molar-refractivity contribution in [1.29, 1.82) is 0 Å². The van der Waals surface area contributed by atoms with E-state index < -0.39 is 8.32 Å². The van der Waals surface area contributed by atoms with Crippen LogP contribution in [0.1, 0.15) is 27.7 Å². The second-order valence-electron chi connectivity index (χ2n) is 5.96. The van der Waals surface area contributed by atoms with Crippen molar-refractivity contribution in [3.05, 3.63) is 12.2 Å². The number of methoxy groups -OCH3 is 1. The fourth-order valence-corrected chi connectivity index (χ4v) is 2.10. The van der Waals surface area contributed by atoms with Gasteiger partial charge in [-0.05, 0) is 31.1 Å². The number of carbonyl (C=O) groups is 1. The normalized spacial score (nSPS) is 14.7. The summed E-state index contributed by atoms with van der Waals surface area (Å²) in [6, 6.07) is 0. The van der Waals surface area contributed by atoms with Crippen molar-refractivity contribution in [1.82, 2.24) is 0 Å². The fourth-order valence-electron chi connectivity index (χ4n) is 1.09. The summed E-state index contributed by atoms with van der Waals surface area (Å²) in [5.41, 5.74) is 0. The Bertz CT molecular complexity index is 305. The van der Waals surface area contributed by atoms with Gasteiger partial charge in [-0.25, -0.2) is 4.79 Å². The van der Waals surface area contributed by atoms with Crippen LogP contribution in [0.5, 0.6) is 0 Å². The molecule has 0 unspecified atom stereocenters. The van der Waals surface area contributed by atoms with Crippen LogP contribution in [-0.2, 0) is 18.7 Å². The SMILES string of the molecule is CCOC(=O)/C=C/[C@H](CO[Si](C)(C)C(C)(C)C)OC. The zero-order chi connectivity index (χ0) is 15.1. The molecule has 0 aromatic rings. The summed E-state index contributed by atoms with van der Waals surface area (Å²) >= 11 is 0. The highest BCUT2D eigenvalue weighted by Gasteiger charge is 2.37. The van der Waals surface area contributed by atoms with E-state index in [1.807, 2.05) is 0 Å². The quantitative estimate of drug-likeness (QED) is 0.410. The second kappa shape index (κ2) is 7.82. The molecule has 112 valence electrons. The predicted octanol–water partition coefficient (Wildman–Crippen LogP) is 3.14. The molecule has 0 amide bonds. The molecule has 0 bridgehead atoms. The van der Waals surface area contributed by atoms with Crippen molar-refractivity contribution in [2.45, 2.75) is 51.9 Å². The van der Waals surface area contributed by atoms with E-state index in [9.17, 15) is 4.79 Å². The van der Waals surface area contributed by atoms with Gasteiger partial charge in [0.2, 0.25) is 0 Å². The topological polar surface area (TPSA) is 44.8 Å². The molecule has 0 aromatic carbocycles. The Morgan fingerprint density at radius 1 is 1.32 bits per heavy atom. The maximum Gasteiger partial charge on any atom is 0.330 e. The first kappa shape index (κ1) is 18.3. The van der Waals surface area contributed by atoms with E-state index in [1.165, 1.54) is 6.08 Å². The smallest absolute Gasteiger partial charge is 0.330 e. The van der Waals surface area contributed by atoms with Gasteiger partial charge in [-0.1, -0.05) is 20.8 Å². The average Bonchev–Trinajstić information content (AvgIpc) is 2.28. The summed E-state index contributed by atoms with van der Waals surface area (Å²) < 4.78 is 16.2. The van der Waals surface area contributed by atoms with Gasteiger partial charge in [0.1, 0.15) is 0 Å². The lowest BCUT2D eigenvalue weighted by molar-refractivity contribution is -0.137. The molecule has 0 N–H and O–H groups in total. The molecule has 19 heavy (non-hydrogen) atoms. The molecule has 0 fully saturated rings. The van der Waals surface area contributed by atoms with Crippen LogP contribution >= 0.6 is 0 Å². The fraction of sp³-hybridized carbons (Fsp3) is 0.786. The first-order valence-corrected chi connectivity index (χ1v) is 9.56. The van der Waals surface area contributed by atoms with Crippen molar-refractivity contribution in [3.8, 4) is 0 Å². The summed E-state index contributed by atoms with van der Waals surface area (Å²) in [5.74, 6) is -0.350. The molecule has 5 heteroatoms. The van der Waals surface area contributed by atoms with Crippen LogP contribution in [0.2, 0.25) is 18.1 Å². The van der Waals surface area contributed by atoms with E-state index in [4.69, 9.17) is 13.9 Å². The van der Waals surface area contributed by atoms with Crippen LogP contribution < -0.4 is 0 Å². The average molecular weight is 288 g/mol. The van der Waals surface area contributed by atoms with E-state index in [1.54, 1.807) is 20.1 Å². The van der Waals surface area contributed by atoms with Gasteiger partial charge in [-0.15, -0.1) is 0 Å². The lowest BCUT2D eigenvalue weighted by Crippen LogP contribution is -2.42. The molecule has 0 saturated carbocycles. The van der Waals surface area contributed by atoms with Crippen LogP contribution in [0.4, 0.5) is 0 Å².